The first-order valence-electron chi connectivity index (χ1n) is 10.8. The Labute approximate surface area is 171 Å². The zero-order valence-corrected chi connectivity index (χ0v) is 16.7. The van der Waals surface area contributed by atoms with Gasteiger partial charge in [0.1, 0.15) is 11.2 Å². The maximum atomic E-state index is 6.37. The van der Waals surface area contributed by atoms with E-state index in [0.717, 1.165) is 11.2 Å². The lowest BCUT2D eigenvalue weighted by atomic mass is 9.82. The molecule has 0 amide bonds. The van der Waals surface area contributed by atoms with Crippen molar-refractivity contribution in [2.75, 3.05) is 0 Å². The molecule has 1 saturated carbocycles. The summed E-state index contributed by atoms with van der Waals surface area (Å²) in [5.74, 6) is 0.688. The van der Waals surface area contributed by atoms with Crippen molar-refractivity contribution in [1.29, 1.82) is 0 Å². The first kappa shape index (κ1) is 16.9. The van der Waals surface area contributed by atoms with Crippen molar-refractivity contribution in [1.82, 2.24) is 5.32 Å². The van der Waals surface area contributed by atoms with Crippen LogP contribution < -0.4 is 5.32 Å². The van der Waals surface area contributed by atoms with Crippen molar-refractivity contribution >= 4 is 27.5 Å². The molecule has 0 spiro atoms. The summed E-state index contributed by atoms with van der Waals surface area (Å²) in [6.45, 7) is 2.18. The Hall–Kier alpha value is -3.00. The van der Waals surface area contributed by atoms with Crippen LogP contribution in [-0.2, 0) is 0 Å². The van der Waals surface area contributed by atoms with Crippen LogP contribution in [0.25, 0.3) is 27.5 Å². The number of benzene rings is 3. The Morgan fingerprint density at radius 3 is 2.55 bits per heavy atom. The zero-order chi connectivity index (χ0) is 19.4. The SMILES string of the molecule is Cc1cc(C2NC=C(C3CCCC3)c3ccccc32)c2oc3ccccc3c2c1. The topological polar surface area (TPSA) is 25.2 Å². The third-order valence-electron chi connectivity index (χ3n) is 6.75. The second-order valence-corrected chi connectivity index (χ2v) is 8.60. The molecule has 0 radical (unpaired) electrons. The van der Waals surface area contributed by atoms with Gasteiger partial charge in [-0.05, 0) is 66.1 Å². The van der Waals surface area contributed by atoms with Crippen LogP contribution in [0.4, 0.5) is 0 Å². The van der Waals surface area contributed by atoms with Crippen LogP contribution in [-0.4, -0.2) is 0 Å². The molecule has 144 valence electrons. The normalized spacial score (nSPS) is 19.3. The van der Waals surface area contributed by atoms with Crippen LogP contribution in [0, 0.1) is 12.8 Å². The highest BCUT2D eigenvalue weighted by Crippen LogP contribution is 2.44. The molecule has 2 aliphatic rings. The molecule has 0 bridgehead atoms. The van der Waals surface area contributed by atoms with E-state index >= 15 is 0 Å². The number of furan rings is 1. The van der Waals surface area contributed by atoms with Crippen LogP contribution >= 0.6 is 0 Å². The van der Waals surface area contributed by atoms with E-state index in [1.54, 1.807) is 0 Å². The molecule has 1 atom stereocenters. The molecule has 1 N–H and O–H groups in total. The van der Waals surface area contributed by atoms with Gasteiger partial charge >= 0.3 is 0 Å². The lowest BCUT2D eigenvalue weighted by Crippen LogP contribution is -2.24. The average molecular weight is 380 g/mol. The predicted molar refractivity (Wildman–Crippen MR) is 120 cm³/mol. The molecule has 2 nitrogen and oxygen atoms in total. The molecular weight excluding hydrogens is 354 g/mol. The Balaban J connectivity index is 1.55. The second-order valence-electron chi connectivity index (χ2n) is 8.60. The van der Waals surface area contributed by atoms with Gasteiger partial charge in [-0.1, -0.05) is 55.3 Å². The van der Waals surface area contributed by atoms with Crippen molar-refractivity contribution < 1.29 is 4.42 Å². The number of para-hydroxylation sites is 1. The molecule has 1 aromatic heterocycles. The molecule has 1 aliphatic heterocycles. The van der Waals surface area contributed by atoms with Gasteiger partial charge in [0.15, 0.2) is 0 Å². The van der Waals surface area contributed by atoms with Crippen LogP contribution in [0.5, 0.6) is 0 Å². The minimum atomic E-state index is 0.110. The maximum absolute atomic E-state index is 6.37. The Morgan fingerprint density at radius 2 is 1.66 bits per heavy atom. The molecule has 0 saturated heterocycles. The van der Waals surface area contributed by atoms with Crippen LogP contribution in [0.2, 0.25) is 0 Å². The fourth-order valence-electron chi connectivity index (χ4n) is 5.40. The molecule has 2 heterocycles. The summed E-state index contributed by atoms with van der Waals surface area (Å²) in [4.78, 5) is 0. The van der Waals surface area contributed by atoms with Gasteiger partial charge < -0.3 is 9.73 Å². The third-order valence-corrected chi connectivity index (χ3v) is 6.75. The number of allylic oxidation sites excluding steroid dienone is 1. The fourth-order valence-corrected chi connectivity index (χ4v) is 5.40. The summed E-state index contributed by atoms with van der Waals surface area (Å²) in [5.41, 5.74) is 8.72. The number of rotatable bonds is 2. The number of hydrogen-bond acceptors (Lipinski definition) is 2. The van der Waals surface area contributed by atoms with Crippen molar-refractivity contribution in [3.05, 3.63) is 89.1 Å². The van der Waals surface area contributed by atoms with E-state index in [0.29, 0.717) is 5.92 Å². The van der Waals surface area contributed by atoms with Gasteiger partial charge in [0.05, 0.1) is 6.04 Å². The van der Waals surface area contributed by atoms with E-state index in [1.807, 2.05) is 6.07 Å². The summed E-state index contributed by atoms with van der Waals surface area (Å²) >= 11 is 0. The van der Waals surface area contributed by atoms with Gasteiger partial charge in [-0.25, -0.2) is 0 Å². The Kier molecular flexibility index (Phi) is 3.80. The molecule has 1 fully saturated rings. The summed E-state index contributed by atoms with van der Waals surface area (Å²) in [6, 6.07) is 21.9. The minimum Gasteiger partial charge on any atom is -0.456 e. The lowest BCUT2D eigenvalue weighted by Gasteiger charge is -2.30. The fraction of sp³-hybridized carbons (Fsp3) is 0.259. The molecule has 3 aromatic carbocycles. The number of hydrogen-bond donors (Lipinski definition) is 1. The van der Waals surface area contributed by atoms with Gasteiger partial charge in [-0.2, -0.15) is 0 Å². The number of fused-ring (bicyclic) bond motifs is 4. The third kappa shape index (κ3) is 2.62. The van der Waals surface area contributed by atoms with E-state index in [1.165, 1.54) is 64.3 Å². The average Bonchev–Trinajstić information content (AvgIpc) is 3.41. The van der Waals surface area contributed by atoms with Crippen molar-refractivity contribution in [2.24, 2.45) is 5.92 Å². The van der Waals surface area contributed by atoms with Crippen LogP contribution in [0.1, 0.15) is 54.0 Å². The highest BCUT2D eigenvalue weighted by Gasteiger charge is 2.30. The summed E-state index contributed by atoms with van der Waals surface area (Å²) in [6.07, 6.45) is 7.62. The highest BCUT2D eigenvalue weighted by atomic mass is 16.3. The van der Waals surface area contributed by atoms with Crippen LogP contribution in [0.3, 0.4) is 0 Å². The molecule has 29 heavy (non-hydrogen) atoms. The van der Waals surface area contributed by atoms with Crippen molar-refractivity contribution in [2.45, 2.75) is 38.6 Å². The largest absolute Gasteiger partial charge is 0.456 e. The van der Waals surface area contributed by atoms with Gasteiger partial charge in [-0.15, -0.1) is 0 Å². The number of nitrogens with one attached hydrogen (secondary N) is 1. The van der Waals surface area contributed by atoms with Crippen molar-refractivity contribution in [3.8, 4) is 0 Å². The Bertz CT molecular complexity index is 1260. The molecule has 1 unspecified atom stereocenters. The van der Waals surface area contributed by atoms with E-state index in [9.17, 15) is 0 Å². The van der Waals surface area contributed by atoms with E-state index < -0.39 is 0 Å². The predicted octanol–water partition coefficient (Wildman–Crippen LogP) is 7.12. The second kappa shape index (κ2) is 6.52. The van der Waals surface area contributed by atoms with E-state index in [4.69, 9.17) is 4.42 Å². The zero-order valence-electron chi connectivity index (χ0n) is 16.7. The maximum Gasteiger partial charge on any atom is 0.141 e. The first-order valence-corrected chi connectivity index (χ1v) is 10.8. The van der Waals surface area contributed by atoms with Gasteiger partial charge in [0.2, 0.25) is 0 Å². The smallest absolute Gasteiger partial charge is 0.141 e. The molecule has 2 heteroatoms. The lowest BCUT2D eigenvalue weighted by molar-refractivity contribution is 0.634. The van der Waals surface area contributed by atoms with Gasteiger partial charge in [-0.3, -0.25) is 0 Å². The standard InChI is InChI=1S/C27H25NO/c1-17-14-22-20-11-6-7-13-25(20)29-27(22)23(15-17)26-21-12-5-4-10-19(21)24(16-28-26)18-8-2-3-9-18/h4-7,10-16,18,26,28H,2-3,8-9H2,1H3. The number of aryl methyl sites for hydroxylation is 1. The highest BCUT2D eigenvalue weighted by molar-refractivity contribution is 6.06. The summed E-state index contributed by atoms with van der Waals surface area (Å²) in [7, 11) is 0. The summed E-state index contributed by atoms with van der Waals surface area (Å²) in [5, 5.41) is 6.16. The summed E-state index contributed by atoms with van der Waals surface area (Å²) < 4.78 is 6.37. The molecule has 6 rings (SSSR count). The van der Waals surface area contributed by atoms with Gasteiger partial charge in [0.25, 0.3) is 0 Å². The van der Waals surface area contributed by atoms with E-state index in [2.05, 4.69) is 73.0 Å². The quantitative estimate of drug-likeness (QED) is 0.401. The van der Waals surface area contributed by atoms with E-state index in [-0.39, 0.29) is 6.04 Å². The Morgan fingerprint density at radius 1 is 0.862 bits per heavy atom. The minimum absolute atomic E-state index is 0.110. The van der Waals surface area contributed by atoms with Crippen LogP contribution in [0.15, 0.2) is 71.3 Å². The molecular formula is C27H25NO. The molecule has 1 aliphatic carbocycles. The first-order chi connectivity index (χ1) is 14.3. The molecule has 4 aromatic rings. The van der Waals surface area contributed by atoms with Crippen molar-refractivity contribution in [3.63, 3.8) is 0 Å². The van der Waals surface area contributed by atoms with Gasteiger partial charge in [0, 0.05) is 22.5 Å². The monoisotopic (exact) mass is 379 g/mol.